The van der Waals surface area contributed by atoms with Crippen LogP contribution in [0.4, 0.5) is 0 Å². The van der Waals surface area contributed by atoms with Crippen LogP contribution in [0.2, 0.25) is 5.02 Å². The summed E-state index contributed by atoms with van der Waals surface area (Å²) in [6, 6.07) is 18.6. The zero-order valence-corrected chi connectivity index (χ0v) is 18.9. The highest BCUT2D eigenvalue weighted by Crippen LogP contribution is 2.22. The predicted molar refractivity (Wildman–Crippen MR) is 128 cm³/mol. The molecular formula is C25H22ClN3O2S. The van der Waals surface area contributed by atoms with Gasteiger partial charge in [-0.15, -0.1) is 11.3 Å². The maximum absolute atomic E-state index is 12.7. The molecule has 0 atom stereocenters. The second kappa shape index (κ2) is 10.9. The molecule has 0 saturated carbocycles. The lowest BCUT2D eigenvalue weighted by Crippen LogP contribution is -2.25. The number of rotatable bonds is 9. The van der Waals surface area contributed by atoms with E-state index in [1.165, 1.54) is 0 Å². The number of halogens is 1. The summed E-state index contributed by atoms with van der Waals surface area (Å²) in [7, 11) is 0. The second-order valence-electron chi connectivity index (χ2n) is 7.13. The van der Waals surface area contributed by atoms with Crippen molar-refractivity contribution < 1.29 is 9.53 Å². The molecule has 1 amide bonds. The van der Waals surface area contributed by atoms with E-state index >= 15 is 0 Å². The molecule has 0 aliphatic carbocycles. The molecule has 2 aromatic heterocycles. The van der Waals surface area contributed by atoms with Crippen LogP contribution in [0, 0.1) is 0 Å². The maximum Gasteiger partial charge on any atom is 0.255 e. The van der Waals surface area contributed by atoms with Crippen molar-refractivity contribution in [1.29, 1.82) is 0 Å². The fourth-order valence-corrected chi connectivity index (χ4v) is 4.12. The number of benzene rings is 2. The summed E-state index contributed by atoms with van der Waals surface area (Å²) in [6.07, 6.45) is 5.15. The lowest BCUT2D eigenvalue weighted by atomic mass is 10.1. The molecule has 1 N–H and O–H groups in total. The molecule has 2 aromatic carbocycles. The number of aryl methyl sites for hydroxylation is 1. The fraction of sp³-hybridized carbons (Fsp3) is 0.160. The van der Waals surface area contributed by atoms with Gasteiger partial charge in [0.2, 0.25) is 0 Å². The van der Waals surface area contributed by atoms with Gasteiger partial charge in [0.25, 0.3) is 5.91 Å². The molecule has 0 saturated heterocycles. The fourth-order valence-electron chi connectivity index (χ4n) is 3.14. The molecule has 32 heavy (non-hydrogen) atoms. The van der Waals surface area contributed by atoms with Gasteiger partial charge in [-0.1, -0.05) is 35.9 Å². The summed E-state index contributed by atoms with van der Waals surface area (Å²) in [5.41, 5.74) is 3.53. The van der Waals surface area contributed by atoms with Crippen molar-refractivity contribution in [3.05, 3.63) is 99.6 Å². The first-order valence-corrected chi connectivity index (χ1v) is 11.5. The van der Waals surface area contributed by atoms with Crippen molar-refractivity contribution in [2.24, 2.45) is 0 Å². The number of nitrogens with zero attached hydrogens (tertiary/aromatic N) is 2. The van der Waals surface area contributed by atoms with Gasteiger partial charge in [0.15, 0.2) is 0 Å². The molecule has 0 fully saturated rings. The molecule has 4 rings (SSSR count). The number of hydrogen-bond donors (Lipinski definition) is 1. The van der Waals surface area contributed by atoms with E-state index in [1.807, 2.05) is 48.5 Å². The molecule has 0 radical (unpaired) electrons. The first kappa shape index (κ1) is 22.0. The SMILES string of the molecule is O=C(NCCCc1nc(-c2ccncc2)cs1)c1ccccc1OCc1ccc(Cl)cc1. The van der Waals surface area contributed by atoms with E-state index in [0.717, 1.165) is 34.7 Å². The number of para-hydroxylation sites is 1. The number of hydrogen-bond acceptors (Lipinski definition) is 5. The Balaban J connectivity index is 1.27. The van der Waals surface area contributed by atoms with E-state index in [2.05, 4.69) is 20.7 Å². The molecule has 162 valence electrons. The minimum Gasteiger partial charge on any atom is -0.488 e. The van der Waals surface area contributed by atoms with Crippen molar-refractivity contribution in [3.8, 4) is 17.0 Å². The second-order valence-corrected chi connectivity index (χ2v) is 8.51. The van der Waals surface area contributed by atoms with Crippen molar-refractivity contribution in [2.45, 2.75) is 19.4 Å². The molecule has 4 aromatic rings. The smallest absolute Gasteiger partial charge is 0.255 e. The number of thiazole rings is 1. The standard InChI is InChI=1S/C25H22ClN3O2S/c26-20-9-7-18(8-10-20)16-31-23-5-2-1-4-21(23)25(30)28-13-3-6-24-29-22(17-32-24)19-11-14-27-15-12-19/h1-2,4-5,7-12,14-15,17H,3,6,13,16H2,(H,28,30). The molecule has 0 bridgehead atoms. The third-order valence-corrected chi connectivity index (χ3v) is 5.98. The van der Waals surface area contributed by atoms with E-state index in [-0.39, 0.29) is 5.91 Å². The Morgan fingerprint density at radius 2 is 1.81 bits per heavy atom. The molecule has 0 unspecified atom stereocenters. The van der Waals surface area contributed by atoms with Crippen LogP contribution >= 0.6 is 22.9 Å². The Kier molecular flexibility index (Phi) is 7.48. The van der Waals surface area contributed by atoms with E-state index in [4.69, 9.17) is 16.3 Å². The first-order valence-electron chi connectivity index (χ1n) is 10.3. The summed E-state index contributed by atoms with van der Waals surface area (Å²) in [5, 5.41) is 6.77. The Labute approximate surface area is 196 Å². The van der Waals surface area contributed by atoms with Gasteiger partial charge in [0, 0.05) is 41.3 Å². The molecule has 0 spiro atoms. The van der Waals surface area contributed by atoms with Crippen molar-refractivity contribution in [1.82, 2.24) is 15.3 Å². The van der Waals surface area contributed by atoms with Crippen LogP contribution in [0.1, 0.15) is 27.3 Å². The summed E-state index contributed by atoms with van der Waals surface area (Å²) in [6.45, 7) is 0.930. The maximum atomic E-state index is 12.7. The largest absolute Gasteiger partial charge is 0.488 e. The van der Waals surface area contributed by atoms with Crippen molar-refractivity contribution in [2.75, 3.05) is 6.54 Å². The number of amides is 1. The monoisotopic (exact) mass is 463 g/mol. The van der Waals surface area contributed by atoms with E-state index in [0.29, 0.717) is 29.5 Å². The van der Waals surface area contributed by atoms with E-state index in [9.17, 15) is 4.79 Å². The van der Waals surface area contributed by atoms with Crippen LogP contribution in [0.5, 0.6) is 5.75 Å². The van der Waals surface area contributed by atoms with Gasteiger partial charge in [-0.05, 0) is 48.4 Å². The third-order valence-electron chi connectivity index (χ3n) is 4.82. The van der Waals surface area contributed by atoms with Gasteiger partial charge < -0.3 is 10.1 Å². The van der Waals surface area contributed by atoms with Gasteiger partial charge in [0.05, 0.1) is 16.3 Å². The van der Waals surface area contributed by atoms with Gasteiger partial charge in [0.1, 0.15) is 12.4 Å². The Hall–Kier alpha value is -3.22. The average Bonchev–Trinajstić information content (AvgIpc) is 3.31. The van der Waals surface area contributed by atoms with Crippen LogP contribution in [0.3, 0.4) is 0 Å². The number of ether oxygens (including phenoxy) is 1. The highest BCUT2D eigenvalue weighted by Gasteiger charge is 2.12. The molecule has 2 heterocycles. The molecule has 7 heteroatoms. The highest BCUT2D eigenvalue weighted by molar-refractivity contribution is 7.09. The number of aromatic nitrogens is 2. The molecular weight excluding hydrogens is 442 g/mol. The van der Waals surface area contributed by atoms with Gasteiger partial charge in [-0.3, -0.25) is 9.78 Å². The predicted octanol–water partition coefficient (Wildman–Crippen LogP) is 5.80. The molecule has 5 nitrogen and oxygen atoms in total. The minimum absolute atomic E-state index is 0.145. The Morgan fingerprint density at radius 3 is 2.62 bits per heavy atom. The number of pyridine rings is 1. The Bertz CT molecular complexity index is 1160. The van der Waals surface area contributed by atoms with E-state index < -0.39 is 0 Å². The summed E-state index contributed by atoms with van der Waals surface area (Å²) in [4.78, 5) is 21.4. The normalized spacial score (nSPS) is 10.7. The summed E-state index contributed by atoms with van der Waals surface area (Å²) < 4.78 is 5.89. The average molecular weight is 464 g/mol. The van der Waals surface area contributed by atoms with Crippen LogP contribution in [-0.2, 0) is 13.0 Å². The van der Waals surface area contributed by atoms with Crippen LogP contribution in [-0.4, -0.2) is 22.4 Å². The lowest BCUT2D eigenvalue weighted by molar-refractivity contribution is 0.0948. The number of carbonyl (C=O) groups is 1. The zero-order chi connectivity index (χ0) is 22.2. The van der Waals surface area contributed by atoms with E-state index in [1.54, 1.807) is 35.9 Å². The summed E-state index contributed by atoms with van der Waals surface area (Å²) in [5.74, 6) is 0.412. The van der Waals surface area contributed by atoms with Crippen molar-refractivity contribution >= 4 is 28.8 Å². The van der Waals surface area contributed by atoms with Crippen LogP contribution in [0.15, 0.2) is 78.4 Å². The lowest BCUT2D eigenvalue weighted by Gasteiger charge is -2.12. The van der Waals surface area contributed by atoms with Crippen molar-refractivity contribution in [3.63, 3.8) is 0 Å². The van der Waals surface area contributed by atoms with Gasteiger partial charge >= 0.3 is 0 Å². The van der Waals surface area contributed by atoms with Crippen LogP contribution in [0.25, 0.3) is 11.3 Å². The highest BCUT2D eigenvalue weighted by atomic mass is 35.5. The summed E-state index contributed by atoms with van der Waals surface area (Å²) >= 11 is 7.56. The molecule has 0 aliphatic rings. The number of nitrogens with one attached hydrogen (secondary N) is 1. The van der Waals surface area contributed by atoms with Gasteiger partial charge in [-0.25, -0.2) is 4.98 Å². The van der Waals surface area contributed by atoms with Crippen LogP contribution < -0.4 is 10.1 Å². The number of carbonyl (C=O) groups excluding carboxylic acids is 1. The zero-order valence-electron chi connectivity index (χ0n) is 17.3. The quantitative estimate of drug-likeness (QED) is 0.318. The first-order chi connectivity index (χ1) is 15.7. The third kappa shape index (κ3) is 5.93. The van der Waals surface area contributed by atoms with Gasteiger partial charge in [-0.2, -0.15) is 0 Å². The minimum atomic E-state index is -0.145. The Morgan fingerprint density at radius 1 is 1.03 bits per heavy atom. The topological polar surface area (TPSA) is 64.1 Å². The molecule has 0 aliphatic heterocycles.